The molecular formula is C23H25N3O3S. The number of aryl methyl sites for hydroxylation is 1. The average molecular weight is 424 g/mol. The molecule has 2 aliphatic rings. The molecule has 0 aromatic heterocycles. The number of amides is 1. The van der Waals surface area contributed by atoms with Crippen molar-refractivity contribution >= 4 is 15.9 Å². The zero-order valence-electron chi connectivity index (χ0n) is 16.8. The van der Waals surface area contributed by atoms with Crippen LogP contribution in [0, 0.1) is 11.3 Å². The lowest BCUT2D eigenvalue weighted by Crippen LogP contribution is -2.38. The van der Waals surface area contributed by atoms with Gasteiger partial charge in [-0.05, 0) is 67.5 Å². The molecule has 1 fully saturated rings. The van der Waals surface area contributed by atoms with Gasteiger partial charge in [0.05, 0.1) is 17.0 Å². The van der Waals surface area contributed by atoms with Gasteiger partial charge >= 0.3 is 0 Å². The van der Waals surface area contributed by atoms with Crippen molar-refractivity contribution in [1.82, 2.24) is 9.62 Å². The Morgan fingerprint density at radius 3 is 2.53 bits per heavy atom. The van der Waals surface area contributed by atoms with Crippen LogP contribution in [0.15, 0.2) is 53.4 Å². The molecule has 6 nitrogen and oxygen atoms in total. The third-order valence-electron chi connectivity index (χ3n) is 5.79. The highest BCUT2D eigenvalue weighted by atomic mass is 32.2. The average Bonchev–Trinajstić information content (AvgIpc) is 3.59. The first kappa shape index (κ1) is 20.6. The third kappa shape index (κ3) is 4.25. The molecule has 7 heteroatoms. The van der Waals surface area contributed by atoms with E-state index in [0.717, 1.165) is 32.1 Å². The second-order valence-corrected chi connectivity index (χ2v) is 9.65. The van der Waals surface area contributed by atoms with E-state index in [2.05, 4.69) is 16.9 Å². The number of hydrogen-bond donors (Lipinski definition) is 1. The van der Waals surface area contributed by atoms with Crippen molar-refractivity contribution in [3.05, 3.63) is 65.2 Å². The number of nitrogens with one attached hydrogen (secondary N) is 1. The first-order valence-electron chi connectivity index (χ1n) is 10.4. The zero-order chi connectivity index (χ0) is 21.1. The molecule has 1 amide bonds. The maximum atomic E-state index is 13.4. The maximum absolute atomic E-state index is 13.4. The Hall–Kier alpha value is -2.69. The first-order chi connectivity index (χ1) is 14.5. The molecule has 0 saturated heterocycles. The van der Waals surface area contributed by atoms with Gasteiger partial charge < -0.3 is 4.90 Å². The Balaban J connectivity index is 1.57. The molecule has 0 heterocycles. The van der Waals surface area contributed by atoms with Gasteiger partial charge in [-0.1, -0.05) is 24.3 Å². The van der Waals surface area contributed by atoms with Gasteiger partial charge in [0.15, 0.2) is 0 Å². The van der Waals surface area contributed by atoms with E-state index in [-0.39, 0.29) is 35.9 Å². The highest BCUT2D eigenvalue weighted by Gasteiger charge is 2.39. The summed E-state index contributed by atoms with van der Waals surface area (Å²) in [6.45, 7) is 0.0655. The molecule has 1 saturated carbocycles. The second kappa shape index (κ2) is 8.58. The summed E-state index contributed by atoms with van der Waals surface area (Å²) in [6.07, 6.45) is 5.19. The van der Waals surface area contributed by atoms with Gasteiger partial charge in [0.1, 0.15) is 0 Å². The van der Waals surface area contributed by atoms with Crippen molar-refractivity contribution in [2.75, 3.05) is 6.54 Å². The highest BCUT2D eigenvalue weighted by Crippen LogP contribution is 2.41. The molecular weight excluding hydrogens is 398 g/mol. The Morgan fingerprint density at radius 2 is 1.83 bits per heavy atom. The molecule has 1 N–H and O–H groups in total. The number of carbonyl (C=O) groups excluding carboxylic acids is 1. The Labute approximate surface area is 177 Å². The summed E-state index contributed by atoms with van der Waals surface area (Å²) in [4.78, 5) is 15.5. The fourth-order valence-corrected chi connectivity index (χ4v) is 5.21. The lowest BCUT2D eigenvalue weighted by Gasteiger charge is -2.36. The quantitative estimate of drug-likeness (QED) is 0.690. The van der Waals surface area contributed by atoms with Gasteiger partial charge in [-0.25, -0.2) is 13.1 Å². The maximum Gasteiger partial charge on any atom is 0.254 e. The molecule has 156 valence electrons. The van der Waals surface area contributed by atoms with Gasteiger partial charge in [0.25, 0.3) is 5.91 Å². The second-order valence-electron chi connectivity index (χ2n) is 7.88. The van der Waals surface area contributed by atoms with E-state index in [4.69, 9.17) is 5.26 Å². The molecule has 2 aliphatic carbocycles. The number of sulfonamides is 1. The third-order valence-corrected chi connectivity index (χ3v) is 7.27. The predicted molar refractivity (Wildman–Crippen MR) is 113 cm³/mol. The molecule has 2 aromatic rings. The Morgan fingerprint density at radius 1 is 1.10 bits per heavy atom. The highest BCUT2D eigenvalue weighted by molar-refractivity contribution is 7.89. The summed E-state index contributed by atoms with van der Waals surface area (Å²) in [5.74, 6) is -0.0411. The number of hydrogen-bond acceptors (Lipinski definition) is 4. The number of benzene rings is 2. The van der Waals surface area contributed by atoms with Crippen LogP contribution in [0.2, 0.25) is 0 Å². The number of fused-ring (bicyclic) bond motifs is 1. The molecule has 0 aliphatic heterocycles. The van der Waals surface area contributed by atoms with Crippen LogP contribution in [0.1, 0.15) is 59.6 Å². The lowest BCUT2D eigenvalue weighted by molar-refractivity contribution is 0.0638. The van der Waals surface area contributed by atoms with E-state index in [0.29, 0.717) is 5.56 Å². The van der Waals surface area contributed by atoms with Gasteiger partial charge in [-0.15, -0.1) is 0 Å². The SMILES string of the molecule is N#CCCNS(=O)(=O)c1ccc(C(=O)N(C2CC2)C2CCCc3ccccc32)cc1. The summed E-state index contributed by atoms with van der Waals surface area (Å²) in [5.41, 5.74) is 3.06. The summed E-state index contributed by atoms with van der Waals surface area (Å²) >= 11 is 0. The van der Waals surface area contributed by atoms with E-state index in [1.165, 1.54) is 23.3 Å². The van der Waals surface area contributed by atoms with Crippen molar-refractivity contribution < 1.29 is 13.2 Å². The summed E-state index contributed by atoms with van der Waals surface area (Å²) in [5, 5.41) is 8.57. The molecule has 2 aromatic carbocycles. The number of rotatable bonds is 7. The van der Waals surface area contributed by atoms with Crippen LogP contribution in [0.3, 0.4) is 0 Å². The molecule has 1 unspecified atom stereocenters. The van der Waals surface area contributed by atoms with Gasteiger partial charge in [-0.3, -0.25) is 4.79 Å². The van der Waals surface area contributed by atoms with Crippen molar-refractivity contribution in [3.8, 4) is 6.07 Å². The number of carbonyl (C=O) groups is 1. The van der Waals surface area contributed by atoms with E-state index < -0.39 is 10.0 Å². The monoisotopic (exact) mass is 423 g/mol. The standard InChI is InChI=1S/C23H25N3O3S/c24-15-4-16-25-30(28,29)20-13-9-18(10-14-20)23(27)26(19-11-12-19)22-8-3-6-17-5-1-2-7-21(17)22/h1-2,5,7,9-10,13-14,19,22,25H,3-4,6,8,11-12,16H2. The number of nitrogens with zero attached hydrogens (tertiary/aromatic N) is 2. The van der Waals surface area contributed by atoms with Crippen molar-refractivity contribution in [3.63, 3.8) is 0 Å². The van der Waals surface area contributed by atoms with Gasteiger partial charge in [-0.2, -0.15) is 5.26 Å². The van der Waals surface area contributed by atoms with Crippen LogP contribution in [-0.2, 0) is 16.4 Å². The normalized spacial score (nSPS) is 18.3. The minimum absolute atomic E-state index is 0.0411. The van der Waals surface area contributed by atoms with Crippen molar-refractivity contribution in [1.29, 1.82) is 5.26 Å². The van der Waals surface area contributed by atoms with Gasteiger partial charge in [0, 0.05) is 24.6 Å². The molecule has 0 bridgehead atoms. The molecule has 30 heavy (non-hydrogen) atoms. The van der Waals surface area contributed by atoms with Crippen molar-refractivity contribution in [2.45, 2.75) is 55.5 Å². The summed E-state index contributed by atoms with van der Waals surface area (Å²) in [7, 11) is -3.69. The Bertz CT molecular complexity index is 1070. The molecule has 1 atom stereocenters. The molecule has 0 radical (unpaired) electrons. The number of nitriles is 1. The Kier molecular flexibility index (Phi) is 5.89. The largest absolute Gasteiger partial charge is 0.329 e. The van der Waals surface area contributed by atoms with Crippen LogP contribution in [0.5, 0.6) is 0 Å². The minimum Gasteiger partial charge on any atom is -0.329 e. The van der Waals surface area contributed by atoms with E-state index >= 15 is 0 Å². The topological polar surface area (TPSA) is 90.3 Å². The van der Waals surface area contributed by atoms with E-state index in [1.54, 1.807) is 12.1 Å². The van der Waals surface area contributed by atoms with Crippen LogP contribution in [0.4, 0.5) is 0 Å². The van der Waals surface area contributed by atoms with Crippen LogP contribution in [-0.4, -0.2) is 31.8 Å². The smallest absolute Gasteiger partial charge is 0.254 e. The summed E-state index contributed by atoms with van der Waals surface area (Å²) in [6, 6.07) is 16.7. The van der Waals surface area contributed by atoms with Crippen LogP contribution in [0.25, 0.3) is 0 Å². The predicted octanol–water partition coefficient (Wildman–Crippen LogP) is 3.56. The lowest BCUT2D eigenvalue weighted by atomic mass is 9.86. The van der Waals surface area contributed by atoms with Crippen LogP contribution < -0.4 is 4.72 Å². The van der Waals surface area contributed by atoms with E-state index in [1.807, 2.05) is 23.1 Å². The molecule has 4 rings (SSSR count). The fraction of sp³-hybridized carbons (Fsp3) is 0.391. The van der Waals surface area contributed by atoms with Crippen LogP contribution >= 0.6 is 0 Å². The fourth-order valence-electron chi connectivity index (χ4n) is 4.18. The van der Waals surface area contributed by atoms with Crippen molar-refractivity contribution in [2.24, 2.45) is 0 Å². The van der Waals surface area contributed by atoms with Gasteiger partial charge in [0.2, 0.25) is 10.0 Å². The summed E-state index contributed by atoms with van der Waals surface area (Å²) < 4.78 is 27.0. The zero-order valence-corrected chi connectivity index (χ0v) is 17.6. The molecule has 0 spiro atoms. The minimum atomic E-state index is -3.69. The van der Waals surface area contributed by atoms with E-state index in [9.17, 15) is 13.2 Å². The first-order valence-corrected chi connectivity index (χ1v) is 11.9.